The van der Waals surface area contributed by atoms with Crippen molar-refractivity contribution < 1.29 is 13.2 Å². The Balaban J connectivity index is 2.05. The average Bonchev–Trinajstić information content (AvgIpc) is 2.49. The molecule has 0 aromatic heterocycles. The highest BCUT2D eigenvalue weighted by atomic mass is 79.9. The van der Waals surface area contributed by atoms with E-state index in [0.29, 0.717) is 5.56 Å². The molecule has 0 heterocycles. The highest BCUT2D eigenvalue weighted by Gasteiger charge is 2.13. The number of carbonyl (C=O) groups is 1. The molecule has 0 aliphatic heterocycles. The maximum atomic E-state index is 12.1. The van der Waals surface area contributed by atoms with E-state index in [1.807, 2.05) is 24.3 Å². The molecule has 2 rings (SSSR count). The van der Waals surface area contributed by atoms with Gasteiger partial charge in [-0.3, -0.25) is 4.79 Å². The number of sulfonamides is 1. The lowest BCUT2D eigenvalue weighted by Gasteiger charge is -2.15. The van der Waals surface area contributed by atoms with Crippen molar-refractivity contribution in [2.45, 2.75) is 24.3 Å². The van der Waals surface area contributed by atoms with Gasteiger partial charge < -0.3 is 5.32 Å². The van der Waals surface area contributed by atoms with E-state index in [1.165, 1.54) is 12.1 Å². The van der Waals surface area contributed by atoms with Crippen LogP contribution in [-0.2, 0) is 21.2 Å². The van der Waals surface area contributed by atoms with E-state index in [4.69, 9.17) is 5.14 Å². The molecule has 1 unspecified atom stereocenters. The number of halogens is 1. The van der Waals surface area contributed by atoms with Gasteiger partial charge in [0.2, 0.25) is 15.9 Å². The van der Waals surface area contributed by atoms with Crippen LogP contribution >= 0.6 is 15.9 Å². The SMILES string of the molecule is CC(NC(=O)Cc1ccc(Br)cc1)c1cccc(S(N)(=O)=O)c1. The second-order valence-electron chi connectivity index (χ2n) is 5.21. The minimum Gasteiger partial charge on any atom is -0.349 e. The third-order valence-corrected chi connectivity index (χ3v) is 4.78. The topological polar surface area (TPSA) is 89.3 Å². The number of amides is 1. The van der Waals surface area contributed by atoms with Crippen LogP contribution in [0.2, 0.25) is 0 Å². The fraction of sp³-hybridized carbons (Fsp3) is 0.188. The Morgan fingerprint density at radius 2 is 1.87 bits per heavy atom. The number of nitrogens with one attached hydrogen (secondary N) is 1. The number of hydrogen-bond donors (Lipinski definition) is 2. The van der Waals surface area contributed by atoms with Crippen molar-refractivity contribution in [3.05, 3.63) is 64.1 Å². The van der Waals surface area contributed by atoms with Crippen LogP contribution in [0.3, 0.4) is 0 Å². The van der Waals surface area contributed by atoms with Crippen LogP contribution in [0.5, 0.6) is 0 Å². The van der Waals surface area contributed by atoms with Crippen molar-refractivity contribution >= 4 is 31.9 Å². The molecule has 5 nitrogen and oxygen atoms in total. The molecule has 7 heteroatoms. The standard InChI is InChI=1S/C16H17BrN2O3S/c1-11(13-3-2-4-15(10-13)23(18,21)22)19-16(20)9-12-5-7-14(17)8-6-12/h2-8,10-11H,9H2,1H3,(H,19,20)(H2,18,21,22). The Hall–Kier alpha value is -1.70. The highest BCUT2D eigenvalue weighted by molar-refractivity contribution is 9.10. The zero-order valence-corrected chi connectivity index (χ0v) is 14.9. The zero-order valence-electron chi connectivity index (χ0n) is 12.5. The summed E-state index contributed by atoms with van der Waals surface area (Å²) in [4.78, 5) is 12.1. The van der Waals surface area contributed by atoms with Crippen LogP contribution in [0.15, 0.2) is 57.9 Å². The van der Waals surface area contributed by atoms with E-state index in [9.17, 15) is 13.2 Å². The Morgan fingerprint density at radius 1 is 1.22 bits per heavy atom. The van der Waals surface area contributed by atoms with E-state index >= 15 is 0 Å². The first-order valence-electron chi connectivity index (χ1n) is 6.92. The molecule has 1 atom stereocenters. The van der Waals surface area contributed by atoms with Gasteiger partial charge in [-0.2, -0.15) is 0 Å². The van der Waals surface area contributed by atoms with Crippen molar-refractivity contribution in [1.82, 2.24) is 5.32 Å². The molecule has 122 valence electrons. The zero-order chi connectivity index (χ0) is 17.0. The lowest BCUT2D eigenvalue weighted by molar-refractivity contribution is -0.121. The molecular weight excluding hydrogens is 380 g/mol. The van der Waals surface area contributed by atoms with Gasteiger partial charge in [-0.05, 0) is 42.3 Å². The number of nitrogens with two attached hydrogens (primary N) is 1. The second-order valence-corrected chi connectivity index (χ2v) is 7.69. The van der Waals surface area contributed by atoms with Crippen LogP contribution in [0, 0.1) is 0 Å². The van der Waals surface area contributed by atoms with Crippen molar-refractivity contribution in [2.24, 2.45) is 5.14 Å². The summed E-state index contributed by atoms with van der Waals surface area (Å²) in [6, 6.07) is 13.4. The average molecular weight is 397 g/mol. The largest absolute Gasteiger partial charge is 0.349 e. The Labute approximate surface area is 144 Å². The molecule has 2 aromatic rings. The summed E-state index contributed by atoms with van der Waals surface area (Å²) in [7, 11) is -3.76. The van der Waals surface area contributed by atoms with Gasteiger partial charge in [0.15, 0.2) is 0 Å². The van der Waals surface area contributed by atoms with Gasteiger partial charge in [-0.15, -0.1) is 0 Å². The van der Waals surface area contributed by atoms with Crippen LogP contribution in [0.4, 0.5) is 0 Å². The van der Waals surface area contributed by atoms with E-state index in [1.54, 1.807) is 19.1 Å². The van der Waals surface area contributed by atoms with Crippen LogP contribution in [0.25, 0.3) is 0 Å². The molecule has 0 saturated carbocycles. The quantitative estimate of drug-likeness (QED) is 0.813. The van der Waals surface area contributed by atoms with Crippen molar-refractivity contribution in [3.63, 3.8) is 0 Å². The first-order chi connectivity index (χ1) is 10.8. The summed E-state index contributed by atoms with van der Waals surface area (Å²) >= 11 is 3.35. The lowest BCUT2D eigenvalue weighted by atomic mass is 10.1. The molecular formula is C16H17BrN2O3S. The monoisotopic (exact) mass is 396 g/mol. The molecule has 3 N–H and O–H groups in total. The van der Waals surface area contributed by atoms with Gasteiger partial charge in [0.25, 0.3) is 0 Å². The normalized spacial score (nSPS) is 12.7. The summed E-state index contributed by atoms with van der Waals surface area (Å²) in [5.41, 5.74) is 1.58. The molecule has 0 fully saturated rings. The number of primary sulfonamides is 1. The number of carbonyl (C=O) groups excluding carboxylic acids is 1. The fourth-order valence-electron chi connectivity index (χ4n) is 2.12. The van der Waals surface area contributed by atoms with Crippen molar-refractivity contribution in [3.8, 4) is 0 Å². The van der Waals surface area contributed by atoms with Gasteiger partial charge in [0.1, 0.15) is 0 Å². The Kier molecular flexibility index (Phi) is 5.56. The molecule has 0 aliphatic carbocycles. The third kappa shape index (κ3) is 5.16. The highest BCUT2D eigenvalue weighted by Crippen LogP contribution is 2.17. The minimum absolute atomic E-state index is 0.0315. The minimum atomic E-state index is -3.76. The molecule has 23 heavy (non-hydrogen) atoms. The predicted octanol–water partition coefficient (Wildman–Crippen LogP) is 2.52. The number of benzene rings is 2. The third-order valence-electron chi connectivity index (χ3n) is 3.34. The van der Waals surface area contributed by atoms with Gasteiger partial charge in [0, 0.05) is 4.47 Å². The number of rotatable bonds is 5. The maximum Gasteiger partial charge on any atom is 0.238 e. The fourth-order valence-corrected chi connectivity index (χ4v) is 2.96. The Morgan fingerprint density at radius 3 is 2.48 bits per heavy atom. The maximum absolute atomic E-state index is 12.1. The Bertz CT molecular complexity index is 804. The second kappa shape index (κ2) is 7.25. The summed E-state index contributed by atoms with van der Waals surface area (Å²) in [5.74, 6) is -0.138. The van der Waals surface area contributed by atoms with E-state index in [0.717, 1.165) is 10.0 Å². The first-order valence-corrected chi connectivity index (χ1v) is 9.26. The van der Waals surface area contributed by atoms with Gasteiger partial charge in [0.05, 0.1) is 17.4 Å². The summed E-state index contributed by atoms with van der Waals surface area (Å²) in [6.07, 6.45) is 0.256. The van der Waals surface area contributed by atoms with E-state index in [2.05, 4.69) is 21.2 Å². The lowest BCUT2D eigenvalue weighted by Crippen LogP contribution is -2.28. The summed E-state index contributed by atoms with van der Waals surface area (Å²) in [6.45, 7) is 1.79. The molecule has 2 aromatic carbocycles. The van der Waals surface area contributed by atoms with Crippen LogP contribution < -0.4 is 10.5 Å². The number of hydrogen-bond acceptors (Lipinski definition) is 3. The molecule has 1 amide bonds. The molecule has 0 radical (unpaired) electrons. The summed E-state index contributed by atoms with van der Waals surface area (Å²) in [5, 5.41) is 7.97. The van der Waals surface area contributed by atoms with E-state index in [-0.39, 0.29) is 23.3 Å². The smallest absolute Gasteiger partial charge is 0.238 e. The predicted molar refractivity (Wildman–Crippen MR) is 92.2 cm³/mol. The van der Waals surface area contributed by atoms with Gasteiger partial charge >= 0.3 is 0 Å². The van der Waals surface area contributed by atoms with Crippen LogP contribution in [0.1, 0.15) is 24.1 Å². The van der Waals surface area contributed by atoms with Gasteiger partial charge in [-0.25, -0.2) is 13.6 Å². The van der Waals surface area contributed by atoms with Gasteiger partial charge in [-0.1, -0.05) is 40.2 Å². The van der Waals surface area contributed by atoms with Crippen molar-refractivity contribution in [1.29, 1.82) is 0 Å². The molecule has 0 saturated heterocycles. The molecule has 0 bridgehead atoms. The van der Waals surface area contributed by atoms with Crippen LogP contribution in [-0.4, -0.2) is 14.3 Å². The van der Waals surface area contributed by atoms with Crippen molar-refractivity contribution in [2.75, 3.05) is 0 Å². The first kappa shape index (κ1) is 17.7. The van der Waals surface area contributed by atoms with E-state index < -0.39 is 10.0 Å². The molecule has 0 spiro atoms. The molecule has 0 aliphatic rings. The summed E-state index contributed by atoms with van der Waals surface area (Å²) < 4.78 is 23.7.